The first-order chi connectivity index (χ1) is 8.49. The molecule has 0 saturated carbocycles. The number of nitrogens with one attached hydrogen (secondary N) is 1. The van der Waals surface area contributed by atoms with Gasteiger partial charge in [-0.05, 0) is 17.7 Å². The topological polar surface area (TPSA) is 54.9 Å². The van der Waals surface area contributed by atoms with Crippen LogP contribution in [-0.2, 0) is 6.54 Å². The molecule has 0 fully saturated rings. The van der Waals surface area contributed by atoms with Crippen molar-refractivity contribution in [3.05, 3.63) is 66.1 Å². The van der Waals surface area contributed by atoms with Crippen LogP contribution in [0.2, 0.25) is 5.15 Å². The summed E-state index contributed by atoms with van der Waals surface area (Å²) in [6.45, 7) is -0.0183. The number of aromatic amines is 1. The molecule has 2 aromatic rings. The van der Waals surface area contributed by atoms with E-state index < -0.39 is 22.2 Å². The number of hydrogen-bond acceptors (Lipinski definition) is 2. The van der Waals surface area contributed by atoms with Gasteiger partial charge in [-0.15, -0.1) is 0 Å². The zero-order valence-corrected chi connectivity index (χ0v) is 11.3. The minimum absolute atomic E-state index is 0.0183. The van der Waals surface area contributed by atoms with Crippen molar-refractivity contribution in [1.29, 1.82) is 0 Å². The van der Waals surface area contributed by atoms with E-state index in [1.807, 2.05) is 0 Å². The highest BCUT2D eigenvalue weighted by atomic mass is 79.9. The highest BCUT2D eigenvalue weighted by Gasteiger charge is 2.12. The smallest absolute Gasteiger partial charge is 0.295 e. The summed E-state index contributed by atoms with van der Waals surface area (Å²) in [4.78, 5) is 25.2. The largest absolute Gasteiger partial charge is 0.329 e. The molecule has 1 heterocycles. The van der Waals surface area contributed by atoms with Crippen LogP contribution in [-0.4, -0.2) is 9.55 Å². The summed E-state index contributed by atoms with van der Waals surface area (Å²) >= 11 is 8.63. The average molecular weight is 334 g/mol. The first kappa shape index (κ1) is 13.0. The molecule has 7 heteroatoms. The molecule has 0 aliphatic rings. The van der Waals surface area contributed by atoms with E-state index >= 15 is 0 Å². The van der Waals surface area contributed by atoms with Gasteiger partial charge in [-0.1, -0.05) is 39.7 Å². The van der Waals surface area contributed by atoms with E-state index in [2.05, 4.69) is 20.9 Å². The van der Waals surface area contributed by atoms with Crippen molar-refractivity contribution in [3.8, 4) is 0 Å². The molecule has 2 rings (SSSR count). The van der Waals surface area contributed by atoms with Gasteiger partial charge in [-0.25, -0.2) is 4.79 Å². The van der Waals surface area contributed by atoms with E-state index in [1.54, 1.807) is 24.3 Å². The molecule has 4 nitrogen and oxygen atoms in total. The van der Waals surface area contributed by atoms with E-state index in [0.29, 0.717) is 5.56 Å². The number of aromatic nitrogens is 2. The Labute approximate surface area is 114 Å². The zero-order valence-electron chi connectivity index (χ0n) is 8.91. The molecule has 0 aliphatic heterocycles. The summed E-state index contributed by atoms with van der Waals surface area (Å²) in [5.74, 6) is -1.16. The van der Waals surface area contributed by atoms with Gasteiger partial charge in [0, 0.05) is 4.47 Å². The minimum atomic E-state index is -1.16. The first-order valence-corrected chi connectivity index (χ1v) is 6.08. The number of hydrogen-bond donors (Lipinski definition) is 1. The van der Waals surface area contributed by atoms with Gasteiger partial charge in [0.25, 0.3) is 5.56 Å². The van der Waals surface area contributed by atoms with Gasteiger partial charge in [-0.3, -0.25) is 14.3 Å². The summed E-state index contributed by atoms with van der Waals surface area (Å²) < 4.78 is 14.9. The molecule has 94 valence electrons. The van der Waals surface area contributed by atoms with Crippen LogP contribution in [0, 0.1) is 5.82 Å². The van der Waals surface area contributed by atoms with Gasteiger partial charge in [0.05, 0.1) is 6.54 Å². The molecule has 0 aliphatic carbocycles. The monoisotopic (exact) mass is 332 g/mol. The fourth-order valence-electron chi connectivity index (χ4n) is 1.44. The molecule has 1 N–H and O–H groups in total. The number of halogens is 3. The number of rotatable bonds is 2. The molecule has 0 amide bonds. The highest BCUT2D eigenvalue weighted by Crippen LogP contribution is 2.11. The number of H-pyrrole nitrogens is 1. The van der Waals surface area contributed by atoms with E-state index in [9.17, 15) is 14.0 Å². The molecule has 0 saturated heterocycles. The third kappa shape index (κ3) is 2.54. The summed E-state index contributed by atoms with van der Waals surface area (Å²) in [6, 6.07) is 6.98. The maximum Gasteiger partial charge on any atom is 0.329 e. The second-order valence-electron chi connectivity index (χ2n) is 3.58. The lowest BCUT2D eigenvalue weighted by atomic mass is 10.2. The molecule has 0 bridgehead atoms. The van der Waals surface area contributed by atoms with Crippen molar-refractivity contribution < 1.29 is 4.39 Å². The molecule has 1 aromatic heterocycles. The molecule has 1 aromatic carbocycles. The van der Waals surface area contributed by atoms with Crippen LogP contribution in [0.3, 0.4) is 0 Å². The fraction of sp³-hybridized carbons (Fsp3) is 0.0909. The standard InChI is InChI=1S/C11H7BrClFN2O2/c12-7-3-1-6(2-4-7)5-16-10(17)8(14)9(13)15-11(16)18/h1-4H,5H2,(H,15,18). The van der Waals surface area contributed by atoms with Crippen molar-refractivity contribution in [1.82, 2.24) is 9.55 Å². The van der Waals surface area contributed by atoms with Gasteiger partial charge < -0.3 is 0 Å². The summed E-state index contributed by atoms with van der Waals surface area (Å²) in [5.41, 5.74) is -1.08. The predicted molar refractivity (Wildman–Crippen MR) is 69.5 cm³/mol. The van der Waals surface area contributed by atoms with Crippen LogP contribution in [0.4, 0.5) is 4.39 Å². The Morgan fingerprint density at radius 1 is 1.28 bits per heavy atom. The van der Waals surface area contributed by atoms with E-state index in [4.69, 9.17) is 11.6 Å². The normalized spacial score (nSPS) is 10.6. The van der Waals surface area contributed by atoms with Crippen molar-refractivity contribution in [2.24, 2.45) is 0 Å². The predicted octanol–water partition coefficient (Wildman–Crippen LogP) is 2.14. The molecular formula is C11H7BrClFN2O2. The number of benzene rings is 1. The van der Waals surface area contributed by atoms with Gasteiger partial charge in [0.15, 0.2) is 5.15 Å². The van der Waals surface area contributed by atoms with Gasteiger partial charge >= 0.3 is 5.69 Å². The maximum atomic E-state index is 13.3. The maximum absolute atomic E-state index is 13.3. The Bertz CT molecular complexity index is 694. The second-order valence-corrected chi connectivity index (χ2v) is 4.87. The molecule has 0 atom stereocenters. The Balaban J connectivity index is 2.47. The van der Waals surface area contributed by atoms with E-state index in [-0.39, 0.29) is 6.54 Å². The molecule has 18 heavy (non-hydrogen) atoms. The zero-order chi connectivity index (χ0) is 13.3. The lowest BCUT2D eigenvalue weighted by Gasteiger charge is -2.05. The van der Waals surface area contributed by atoms with E-state index in [0.717, 1.165) is 9.04 Å². The van der Waals surface area contributed by atoms with Crippen LogP contribution >= 0.6 is 27.5 Å². The molecule has 0 spiro atoms. The average Bonchev–Trinajstić information content (AvgIpc) is 2.34. The van der Waals surface area contributed by atoms with Crippen molar-refractivity contribution >= 4 is 27.5 Å². The quantitative estimate of drug-likeness (QED) is 0.856. The van der Waals surface area contributed by atoms with Crippen molar-refractivity contribution in [3.63, 3.8) is 0 Å². The summed E-state index contributed by atoms with van der Waals surface area (Å²) in [7, 11) is 0. The molecular weight excluding hydrogens is 326 g/mol. The van der Waals surface area contributed by atoms with Gasteiger partial charge in [0.2, 0.25) is 5.82 Å². The second kappa shape index (κ2) is 5.07. The Morgan fingerprint density at radius 3 is 2.50 bits per heavy atom. The molecule has 0 unspecified atom stereocenters. The van der Waals surface area contributed by atoms with Crippen LogP contribution in [0.1, 0.15) is 5.56 Å². The lowest BCUT2D eigenvalue weighted by molar-refractivity contribution is 0.558. The molecule has 0 radical (unpaired) electrons. The Hall–Kier alpha value is -1.40. The Kier molecular flexibility index (Phi) is 3.68. The van der Waals surface area contributed by atoms with Crippen LogP contribution in [0.5, 0.6) is 0 Å². The Morgan fingerprint density at radius 2 is 1.89 bits per heavy atom. The van der Waals surface area contributed by atoms with Crippen molar-refractivity contribution in [2.75, 3.05) is 0 Å². The highest BCUT2D eigenvalue weighted by molar-refractivity contribution is 9.10. The summed E-state index contributed by atoms with van der Waals surface area (Å²) in [6.07, 6.45) is 0. The third-order valence-electron chi connectivity index (χ3n) is 2.34. The van der Waals surface area contributed by atoms with Crippen molar-refractivity contribution in [2.45, 2.75) is 6.54 Å². The third-order valence-corrected chi connectivity index (χ3v) is 3.13. The SMILES string of the molecule is O=c1[nH]c(Cl)c(F)c(=O)n1Cc1ccc(Br)cc1. The van der Waals surface area contributed by atoms with Crippen LogP contribution in [0.25, 0.3) is 0 Å². The fourth-order valence-corrected chi connectivity index (χ4v) is 1.86. The number of nitrogens with zero attached hydrogens (tertiary/aromatic N) is 1. The van der Waals surface area contributed by atoms with Crippen LogP contribution < -0.4 is 11.2 Å². The van der Waals surface area contributed by atoms with Gasteiger partial charge in [0.1, 0.15) is 0 Å². The van der Waals surface area contributed by atoms with E-state index in [1.165, 1.54) is 0 Å². The summed E-state index contributed by atoms with van der Waals surface area (Å²) in [5, 5.41) is -0.572. The first-order valence-electron chi connectivity index (χ1n) is 4.91. The lowest BCUT2D eigenvalue weighted by Crippen LogP contribution is -2.37. The van der Waals surface area contributed by atoms with Crippen LogP contribution in [0.15, 0.2) is 38.3 Å². The minimum Gasteiger partial charge on any atom is -0.295 e. The van der Waals surface area contributed by atoms with Gasteiger partial charge in [-0.2, -0.15) is 4.39 Å².